The van der Waals surface area contributed by atoms with Crippen molar-refractivity contribution >= 4 is 11.6 Å². The molecule has 0 aliphatic heterocycles. The normalized spacial score (nSPS) is 14.6. The standard InChI is InChI=1S/C14H16ClN3O/c1-18-9-12(8-17-18)19-14-5-2-10(6-13(14)15)7-16-11-3-4-11/h2,5-6,8-9,11,16H,3-4,7H2,1H3. The minimum atomic E-state index is 0.624. The number of aromatic nitrogens is 2. The maximum atomic E-state index is 6.24. The molecular weight excluding hydrogens is 262 g/mol. The summed E-state index contributed by atoms with van der Waals surface area (Å²) in [7, 11) is 1.85. The van der Waals surface area contributed by atoms with Crippen molar-refractivity contribution in [2.24, 2.45) is 7.05 Å². The van der Waals surface area contributed by atoms with Crippen LogP contribution in [0.4, 0.5) is 0 Å². The Kier molecular flexibility index (Phi) is 3.44. The van der Waals surface area contributed by atoms with Gasteiger partial charge in [0.25, 0.3) is 0 Å². The second-order valence-electron chi connectivity index (χ2n) is 4.87. The van der Waals surface area contributed by atoms with E-state index in [9.17, 15) is 0 Å². The molecule has 0 saturated heterocycles. The molecule has 0 bridgehead atoms. The van der Waals surface area contributed by atoms with Gasteiger partial charge in [0.1, 0.15) is 5.75 Å². The molecule has 0 amide bonds. The van der Waals surface area contributed by atoms with Gasteiger partial charge >= 0.3 is 0 Å². The van der Waals surface area contributed by atoms with Crippen LogP contribution in [-0.4, -0.2) is 15.8 Å². The Labute approximate surface area is 117 Å². The van der Waals surface area contributed by atoms with Crippen LogP contribution in [-0.2, 0) is 13.6 Å². The van der Waals surface area contributed by atoms with Gasteiger partial charge in [-0.05, 0) is 30.5 Å². The van der Waals surface area contributed by atoms with Crippen LogP contribution in [0.25, 0.3) is 0 Å². The number of halogens is 1. The maximum absolute atomic E-state index is 6.24. The Hall–Kier alpha value is -1.52. The summed E-state index contributed by atoms with van der Waals surface area (Å²) < 4.78 is 7.38. The summed E-state index contributed by atoms with van der Waals surface area (Å²) in [4.78, 5) is 0. The van der Waals surface area contributed by atoms with Crippen LogP contribution in [0.5, 0.6) is 11.5 Å². The average Bonchev–Trinajstić information content (AvgIpc) is 3.13. The highest BCUT2D eigenvalue weighted by atomic mass is 35.5. The summed E-state index contributed by atoms with van der Waals surface area (Å²) >= 11 is 6.24. The molecule has 0 spiro atoms. The predicted molar refractivity (Wildman–Crippen MR) is 74.6 cm³/mol. The zero-order valence-electron chi connectivity index (χ0n) is 10.8. The quantitative estimate of drug-likeness (QED) is 0.913. The molecule has 0 radical (unpaired) electrons. The molecule has 0 unspecified atom stereocenters. The first-order chi connectivity index (χ1) is 9.20. The summed E-state index contributed by atoms with van der Waals surface area (Å²) in [5.74, 6) is 1.35. The molecular formula is C14H16ClN3O. The molecule has 1 fully saturated rings. The summed E-state index contributed by atoms with van der Waals surface area (Å²) in [5, 5.41) is 8.14. The Morgan fingerprint density at radius 3 is 2.95 bits per heavy atom. The van der Waals surface area contributed by atoms with Crippen LogP contribution in [0.3, 0.4) is 0 Å². The third kappa shape index (κ3) is 3.28. The van der Waals surface area contributed by atoms with Gasteiger partial charge < -0.3 is 10.1 Å². The lowest BCUT2D eigenvalue weighted by Gasteiger charge is -2.08. The third-order valence-electron chi connectivity index (χ3n) is 3.08. The van der Waals surface area contributed by atoms with E-state index in [0.717, 1.165) is 6.54 Å². The van der Waals surface area contributed by atoms with Gasteiger partial charge in [-0.25, -0.2) is 0 Å². The van der Waals surface area contributed by atoms with Crippen molar-refractivity contribution in [1.82, 2.24) is 15.1 Å². The molecule has 0 atom stereocenters. The fourth-order valence-corrected chi connectivity index (χ4v) is 2.11. The summed E-state index contributed by atoms with van der Waals surface area (Å²) in [6.07, 6.45) is 6.05. The van der Waals surface area contributed by atoms with Gasteiger partial charge in [-0.3, -0.25) is 4.68 Å². The van der Waals surface area contributed by atoms with Crippen molar-refractivity contribution in [1.29, 1.82) is 0 Å². The van der Waals surface area contributed by atoms with Crippen molar-refractivity contribution in [2.45, 2.75) is 25.4 Å². The molecule has 1 saturated carbocycles. The number of rotatable bonds is 5. The van der Waals surface area contributed by atoms with E-state index < -0.39 is 0 Å². The highest BCUT2D eigenvalue weighted by Gasteiger charge is 2.20. The highest BCUT2D eigenvalue weighted by Crippen LogP contribution is 2.30. The zero-order chi connectivity index (χ0) is 13.2. The van der Waals surface area contributed by atoms with E-state index >= 15 is 0 Å². The lowest BCUT2D eigenvalue weighted by Crippen LogP contribution is -2.15. The van der Waals surface area contributed by atoms with E-state index in [-0.39, 0.29) is 0 Å². The molecule has 3 rings (SSSR count). The van der Waals surface area contributed by atoms with Crippen LogP contribution >= 0.6 is 11.6 Å². The molecule has 1 aliphatic carbocycles. The van der Waals surface area contributed by atoms with Crippen LogP contribution in [0, 0.1) is 0 Å². The number of aryl methyl sites for hydroxylation is 1. The topological polar surface area (TPSA) is 39.1 Å². The first kappa shape index (κ1) is 12.5. The van der Waals surface area contributed by atoms with E-state index in [2.05, 4.69) is 10.4 Å². The van der Waals surface area contributed by atoms with Gasteiger partial charge in [-0.1, -0.05) is 17.7 Å². The Morgan fingerprint density at radius 1 is 1.47 bits per heavy atom. The second-order valence-corrected chi connectivity index (χ2v) is 5.28. The lowest BCUT2D eigenvalue weighted by atomic mass is 10.2. The Balaban J connectivity index is 1.67. The Bertz CT molecular complexity index is 578. The van der Waals surface area contributed by atoms with E-state index in [1.54, 1.807) is 17.1 Å². The van der Waals surface area contributed by atoms with E-state index in [4.69, 9.17) is 16.3 Å². The molecule has 1 N–H and O–H groups in total. The van der Waals surface area contributed by atoms with Crippen LogP contribution < -0.4 is 10.1 Å². The first-order valence-corrected chi connectivity index (χ1v) is 6.77. The largest absolute Gasteiger partial charge is 0.452 e. The fraction of sp³-hybridized carbons (Fsp3) is 0.357. The van der Waals surface area contributed by atoms with Crippen LogP contribution in [0.15, 0.2) is 30.6 Å². The first-order valence-electron chi connectivity index (χ1n) is 6.39. The molecule has 1 aliphatic rings. The monoisotopic (exact) mass is 277 g/mol. The van der Waals surface area contributed by atoms with Crippen LogP contribution in [0.1, 0.15) is 18.4 Å². The minimum absolute atomic E-state index is 0.624. The SMILES string of the molecule is Cn1cc(Oc2ccc(CNC3CC3)cc2Cl)cn1. The van der Waals surface area contributed by atoms with Gasteiger partial charge in [-0.15, -0.1) is 0 Å². The number of benzene rings is 1. The average molecular weight is 278 g/mol. The molecule has 4 nitrogen and oxygen atoms in total. The third-order valence-corrected chi connectivity index (χ3v) is 3.37. The number of hydrogen-bond donors (Lipinski definition) is 1. The fourth-order valence-electron chi connectivity index (χ4n) is 1.87. The van der Waals surface area contributed by atoms with E-state index in [0.29, 0.717) is 22.6 Å². The van der Waals surface area contributed by atoms with E-state index in [1.807, 2.05) is 25.2 Å². The molecule has 5 heteroatoms. The summed E-state index contributed by atoms with van der Waals surface area (Å²) in [6.45, 7) is 0.859. The van der Waals surface area contributed by atoms with E-state index in [1.165, 1.54) is 18.4 Å². The van der Waals surface area contributed by atoms with Crippen molar-refractivity contribution in [3.05, 3.63) is 41.2 Å². The molecule has 1 aromatic heterocycles. The molecule has 1 aromatic carbocycles. The number of hydrogen-bond acceptors (Lipinski definition) is 3. The van der Waals surface area contributed by atoms with Gasteiger partial charge in [0.05, 0.1) is 17.4 Å². The van der Waals surface area contributed by atoms with Gasteiger partial charge in [-0.2, -0.15) is 5.10 Å². The molecule has 1 heterocycles. The maximum Gasteiger partial charge on any atom is 0.165 e. The number of nitrogens with one attached hydrogen (secondary N) is 1. The van der Waals surface area contributed by atoms with Crippen molar-refractivity contribution in [2.75, 3.05) is 0 Å². The smallest absolute Gasteiger partial charge is 0.165 e. The van der Waals surface area contributed by atoms with Crippen molar-refractivity contribution in [3.63, 3.8) is 0 Å². The van der Waals surface area contributed by atoms with Gasteiger partial charge in [0, 0.05) is 19.6 Å². The number of nitrogens with zero attached hydrogens (tertiary/aromatic N) is 2. The predicted octanol–water partition coefficient (Wildman–Crippen LogP) is 3.12. The van der Waals surface area contributed by atoms with Crippen molar-refractivity contribution < 1.29 is 4.74 Å². The molecule has 100 valence electrons. The summed E-state index contributed by atoms with van der Waals surface area (Å²) in [5.41, 5.74) is 1.18. The summed E-state index contributed by atoms with van der Waals surface area (Å²) in [6, 6.07) is 6.58. The lowest BCUT2D eigenvalue weighted by molar-refractivity contribution is 0.482. The highest BCUT2D eigenvalue weighted by molar-refractivity contribution is 6.32. The minimum Gasteiger partial charge on any atom is -0.452 e. The number of ether oxygens (including phenoxy) is 1. The van der Waals surface area contributed by atoms with Crippen molar-refractivity contribution in [3.8, 4) is 11.5 Å². The second kappa shape index (κ2) is 5.23. The van der Waals surface area contributed by atoms with Gasteiger partial charge in [0.15, 0.2) is 5.75 Å². The Morgan fingerprint density at radius 2 is 2.32 bits per heavy atom. The molecule has 19 heavy (non-hydrogen) atoms. The molecule has 2 aromatic rings. The van der Waals surface area contributed by atoms with Gasteiger partial charge in [0.2, 0.25) is 0 Å². The zero-order valence-corrected chi connectivity index (χ0v) is 11.5. The van der Waals surface area contributed by atoms with Crippen LogP contribution in [0.2, 0.25) is 5.02 Å².